The van der Waals surface area contributed by atoms with Crippen molar-refractivity contribution >= 4 is 40.8 Å². The van der Waals surface area contributed by atoms with E-state index in [0.29, 0.717) is 41.5 Å². The molecule has 2 fully saturated rings. The van der Waals surface area contributed by atoms with Crippen molar-refractivity contribution in [3.05, 3.63) is 47.1 Å². The van der Waals surface area contributed by atoms with Crippen LogP contribution in [0.25, 0.3) is 0 Å². The summed E-state index contributed by atoms with van der Waals surface area (Å²) < 4.78 is 5.26. The smallest absolute Gasteiger partial charge is 0.259 e. The van der Waals surface area contributed by atoms with Crippen molar-refractivity contribution in [1.29, 1.82) is 0 Å². The highest BCUT2D eigenvalue weighted by Crippen LogP contribution is 2.31. The van der Waals surface area contributed by atoms with Gasteiger partial charge in [-0.15, -0.1) is 0 Å². The lowest BCUT2D eigenvalue weighted by molar-refractivity contribution is -0.130. The maximum atomic E-state index is 13.0. The minimum atomic E-state index is -0.421. The van der Waals surface area contributed by atoms with Gasteiger partial charge in [-0.3, -0.25) is 14.4 Å². The Morgan fingerprint density at radius 1 is 1.12 bits per heavy atom. The summed E-state index contributed by atoms with van der Waals surface area (Å²) in [6.07, 6.45) is 6.07. The Morgan fingerprint density at radius 2 is 1.91 bits per heavy atom. The fourth-order valence-electron chi connectivity index (χ4n) is 4.52. The Bertz CT molecular complexity index is 1040. The van der Waals surface area contributed by atoms with Crippen LogP contribution in [-0.2, 0) is 9.59 Å². The molecule has 2 heterocycles. The molecular formula is C24H27ClN4O4. The normalized spacial score (nSPS) is 20.4. The number of methoxy groups -OCH3 is 1. The van der Waals surface area contributed by atoms with E-state index in [1.54, 1.807) is 30.3 Å². The molecule has 0 radical (unpaired) electrons. The predicted octanol–water partition coefficient (Wildman–Crippen LogP) is 4.12. The van der Waals surface area contributed by atoms with Crippen molar-refractivity contribution in [2.24, 2.45) is 5.92 Å². The number of anilines is 2. The molecule has 0 bridgehead atoms. The third-order valence-corrected chi connectivity index (χ3v) is 6.54. The van der Waals surface area contributed by atoms with Crippen LogP contribution in [0.5, 0.6) is 5.75 Å². The number of ether oxygens (including phenoxy) is 1. The number of hydrogen-bond acceptors (Lipinski definition) is 5. The van der Waals surface area contributed by atoms with Gasteiger partial charge >= 0.3 is 0 Å². The predicted molar refractivity (Wildman–Crippen MR) is 126 cm³/mol. The second-order valence-corrected chi connectivity index (χ2v) is 8.85. The van der Waals surface area contributed by atoms with E-state index >= 15 is 0 Å². The van der Waals surface area contributed by atoms with Crippen LogP contribution in [0.4, 0.5) is 11.5 Å². The van der Waals surface area contributed by atoms with E-state index < -0.39 is 5.91 Å². The summed E-state index contributed by atoms with van der Waals surface area (Å²) in [4.78, 5) is 44.0. The maximum absolute atomic E-state index is 13.0. The molecule has 1 aliphatic carbocycles. The van der Waals surface area contributed by atoms with Crippen LogP contribution in [0.2, 0.25) is 5.02 Å². The first kappa shape index (κ1) is 23.0. The summed E-state index contributed by atoms with van der Waals surface area (Å²) in [7, 11) is 1.51. The molecule has 0 atom stereocenters. The first-order valence-electron chi connectivity index (χ1n) is 11.2. The number of rotatable bonds is 6. The van der Waals surface area contributed by atoms with Gasteiger partial charge in [0.05, 0.1) is 23.4 Å². The fraction of sp³-hybridized carbons (Fsp3) is 0.417. The van der Waals surface area contributed by atoms with E-state index in [-0.39, 0.29) is 29.3 Å². The van der Waals surface area contributed by atoms with Crippen LogP contribution < -0.4 is 15.4 Å². The number of carbonyl (C=O) groups is 3. The molecule has 1 saturated heterocycles. The number of hydrogen-bond donors (Lipinski definition) is 2. The number of nitrogens with zero attached hydrogens (tertiary/aromatic N) is 2. The summed E-state index contributed by atoms with van der Waals surface area (Å²) in [5.74, 6) is 0.374. The van der Waals surface area contributed by atoms with Gasteiger partial charge in [0.1, 0.15) is 11.6 Å². The SMILES string of the molecule is COc1ccc(NC(=O)[C@H]2CC[C@H](N3CCCC3=O)CC2)c(C(=O)Nc2ccc(Cl)cn2)c1. The number of nitrogens with one attached hydrogen (secondary N) is 2. The van der Waals surface area contributed by atoms with E-state index in [1.165, 1.54) is 13.3 Å². The molecule has 1 aromatic carbocycles. The molecule has 8 nitrogen and oxygen atoms in total. The van der Waals surface area contributed by atoms with Crippen molar-refractivity contribution in [3.8, 4) is 5.75 Å². The number of aromatic nitrogens is 1. The van der Waals surface area contributed by atoms with Gasteiger partial charge in [-0.05, 0) is 62.4 Å². The number of halogens is 1. The molecule has 0 spiro atoms. The number of benzene rings is 1. The lowest BCUT2D eigenvalue weighted by Gasteiger charge is -2.34. The molecule has 1 saturated carbocycles. The summed E-state index contributed by atoms with van der Waals surface area (Å²) in [6.45, 7) is 0.827. The third kappa shape index (κ3) is 5.45. The molecule has 2 aromatic rings. The molecule has 174 valence electrons. The Labute approximate surface area is 197 Å². The Balaban J connectivity index is 1.43. The van der Waals surface area contributed by atoms with Crippen LogP contribution in [0.1, 0.15) is 48.9 Å². The highest BCUT2D eigenvalue weighted by molar-refractivity contribution is 6.30. The van der Waals surface area contributed by atoms with Crippen LogP contribution in [0, 0.1) is 5.92 Å². The minimum absolute atomic E-state index is 0.120. The zero-order valence-corrected chi connectivity index (χ0v) is 19.2. The quantitative estimate of drug-likeness (QED) is 0.661. The lowest BCUT2D eigenvalue weighted by atomic mass is 9.84. The van der Waals surface area contributed by atoms with E-state index in [0.717, 1.165) is 25.8 Å². The molecule has 2 N–H and O–H groups in total. The molecule has 0 unspecified atom stereocenters. The van der Waals surface area contributed by atoms with E-state index in [1.807, 2.05) is 4.90 Å². The summed E-state index contributed by atoms with van der Waals surface area (Å²) in [5, 5.41) is 6.11. The van der Waals surface area contributed by atoms with Gasteiger partial charge in [0, 0.05) is 31.1 Å². The Kier molecular flexibility index (Phi) is 7.13. The van der Waals surface area contributed by atoms with Crippen molar-refractivity contribution in [2.45, 2.75) is 44.6 Å². The Hall–Kier alpha value is -3.13. The van der Waals surface area contributed by atoms with Crippen molar-refractivity contribution in [3.63, 3.8) is 0 Å². The first-order valence-corrected chi connectivity index (χ1v) is 11.5. The summed E-state index contributed by atoms with van der Waals surface area (Å²) in [5.41, 5.74) is 0.680. The summed E-state index contributed by atoms with van der Waals surface area (Å²) >= 11 is 5.86. The number of amides is 3. The first-order chi connectivity index (χ1) is 15.9. The standard InChI is InChI=1S/C24H27ClN4O4/c1-33-18-9-10-20(19(13-18)24(32)28-21-11-6-16(25)14-26-21)27-23(31)15-4-7-17(8-5-15)29-12-2-3-22(29)30/h6,9-11,13-15,17H,2-5,7-8,12H2,1H3,(H,27,31)(H,26,28,32)/t15-,17-. The van der Waals surface area contributed by atoms with Crippen LogP contribution in [-0.4, -0.2) is 47.3 Å². The van der Waals surface area contributed by atoms with Crippen molar-refractivity contribution in [2.75, 3.05) is 24.3 Å². The molecule has 3 amide bonds. The number of carbonyl (C=O) groups excluding carboxylic acids is 3. The van der Waals surface area contributed by atoms with Gasteiger partial charge in [0.25, 0.3) is 5.91 Å². The van der Waals surface area contributed by atoms with Crippen molar-refractivity contribution < 1.29 is 19.1 Å². The molecule has 9 heteroatoms. The topological polar surface area (TPSA) is 101 Å². The van der Waals surface area contributed by atoms with Crippen LogP contribution >= 0.6 is 11.6 Å². The summed E-state index contributed by atoms with van der Waals surface area (Å²) in [6, 6.07) is 8.40. The van der Waals surface area contributed by atoms with E-state index in [4.69, 9.17) is 16.3 Å². The molecule has 1 aromatic heterocycles. The third-order valence-electron chi connectivity index (χ3n) is 6.32. The van der Waals surface area contributed by atoms with Crippen LogP contribution in [0.3, 0.4) is 0 Å². The monoisotopic (exact) mass is 470 g/mol. The van der Waals surface area contributed by atoms with Gasteiger partial charge < -0.3 is 20.3 Å². The molecular weight excluding hydrogens is 444 g/mol. The average molecular weight is 471 g/mol. The lowest BCUT2D eigenvalue weighted by Crippen LogP contribution is -2.40. The van der Waals surface area contributed by atoms with Gasteiger partial charge in [0.2, 0.25) is 11.8 Å². The maximum Gasteiger partial charge on any atom is 0.259 e. The molecule has 4 rings (SSSR count). The van der Waals surface area contributed by atoms with E-state index in [9.17, 15) is 14.4 Å². The van der Waals surface area contributed by atoms with E-state index in [2.05, 4.69) is 15.6 Å². The van der Waals surface area contributed by atoms with Crippen LogP contribution in [0.15, 0.2) is 36.5 Å². The number of likely N-dealkylation sites (tertiary alicyclic amines) is 1. The van der Waals surface area contributed by atoms with Crippen molar-refractivity contribution in [1.82, 2.24) is 9.88 Å². The average Bonchev–Trinajstić information content (AvgIpc) is 3.26. The fourth-order valence-corrected chi connectivity index (χ4v) is 4.63. The van der Waals surface area contributed by atoms with Gasteiger partial charge in [-0.1, -0.05) is 11.6 Å². The van der Waals surface area contributed by atoms with Gasteiger partial charge in [-0.2, -0.15) is 0 Å². The highest BCUT2D eigenvalue weighted by atomic mass is 35.5. The second kappa shape index (κ2) is 10.2. The number of pyridine rings is 1. The highest BCUT2D eigenvalue weighted by Gasteiger charge is 2.33. The molecule has 33 heavy (non-hydrogen) atoms. The zero-order valence-electron chi connectivity index (χ0n) is 18.5. The minimum Gasteiger partial charge on any atom is -0.497 e. The largest absolute Gasteiger partial charge is 0.497 e. The second-order valence-electron chi connectivity index (χ2n) is 8.41. The zero-order chi connectivity index (χ0) is 23.4. The Morgan fingerprint density at radius 3 is 2.55 bits per heavy atom. The molecule has 2 aliphatic rings. The van der Waals surface area contributed by atoms with Gasteiger partial charge in [0.15, 0.2) is 0 Å². The molecule has 1 aliphatic heterocycles. The van der Waals surface area contributed by atoms with Gasteiger partial charge in [-0.25, -0.2) is 4.98 Å².